The molecular weight excluding hydrogens is 272 g/mol. The van der Waals surface area contributed by atoms with Gasteiger partial charge in [-0.2, -0.15) is 0 Å². The quantitative estimate of drug-likeness (QED) is 0.884. The molecule has 0 spiro atoms. The van der Waals surface area contributed by atoms with Crippen LogP contribution in [-0.4, -0.2) is 16.8 Å². The normalized spacial score (nSPS) is 21.7. The van der Waals surface area contributed by atoms with Crippen molar-refractivity contribution in [3.05, 3.63) is 83.9 Å². The van der Waals surface area contributed by atoms with Crippen LogP contribution in [0.1, 0.15) is 23.6 Å². The van der Waals surface area contributed by atoms with Crippen molar-refractivity contribution in [2.24, 2.45) is 5.73 Å². The smallest absolute Gasteiger partial charge is 0.240 e. The lowest BCUT2D eigenvalue weighted by molar-refractivity contribution is -0.134. The zero-order valence-electron chi connectivity index (χ0n) is 12.4. The van der Waals surface area contributed by atoms with E-state index < -0.39 is 6.04 Å². The molecule has 0 bridgehead atoms. The monoisotopic (exact) mass is 292 g/mol. The van der Waals surface area contributed by atoms with Gasteiger partial charge in [-0.25, -0.2) is 0 Å². The molecular formula is C19H20N2O. The topological polar surface area (TPSA) is 46.3 Å². The highest BCUT2D eigenvalue weighted by molar-refractivity contribution is 5.83. The summed E-state index contributed by atoms with van der Waals surface area (Å²) in [6, 6.07) is 19.6. The number of carbonyl (C=O) groups is 1. The van der Waals surface area contributed by atoms with Crippen molar-refractivity contribution in [1.29, 1.82) is 0 Å². The summed E-state index contributed by atoms with van der Waals surface area (Å²) in [5.41, 5.74) is 8.24. The zero-order chi connectivity index (χ0) is 15.4. The molecule has 1 amide bonds. The van der Waals surface area contributed by atoms with Gasteiger partial charge in [0.2, 0.25) is 5.91 Å². The van der Waals surface area contributed by atoms with Crippen molar-refractivity contribution in [3.63, 3.8) is 0 Å². The average molecular weight is 292 g/mol. The molecule has 1 aliphatic heterocycles. The van der Waals surface area contributed by atoms with Gasteiger partial charge in [0.1, 0.15) is 0 Å². The number of hydrogen-bond donors (Lipinski definition) is 1. The number of nitrogens with zero attached hydrogens (tertiary/aromatic N) is 1. The second kappa shape index (κ2) is 6.58. The molecule has 22 heavy (non-hydrogen) atoms. The van der Waals surface area contributed by atoms with Gasteiger partial charge in [-0.05, 0) is 17.5 Å². The fourth-order valence-electron chi connectivity index (χ4n) is 2.81. The lowest BCUT2D eigenvalue weighted by Gasteiger charge is -2.30. The van der Waals surface area contributed by atoms with E-state index in [1.54, 1.807) is 0 Å². The van der Waals surface area contributed by atoms with Crippen molar-refractivity contribution < 1.29 is 4.79 Å². The number of rotatable bonds is 3. The molecule has 2 aromatic rings. The predicted molar refractivity (Wildman–Crippen MR) is 87.9 cm³/mol. The molecule has 1 aliphatic rings. The summed E-state index contributed by atoms with van der Waals surface area (Å²) >= 11 is 0. The van der Waals surface area contributed by atoms with Crippen LogP contribution in [0.25, 0.3) is 0 Å². The van der Waals surface area contributed by atoms with Crippen molar-refractivity contribution in [2.75, 3.05) is 0 Å². The lowest BCUT2D eigenvalue weighted by Crippen LogP contribution is -2.43. The Morgan fingerprint density at radius 3 is 2.32 bits per heavy atom. The summed E-state index contributed by atoms with van der Waals surface area (Å²) in [5, 5.41) is 0. The Bertz CT molecular complexity index is 652. The standard InChI is InChI=1S/C19H20N2O/c20-17-12-7-13-18(16-10-5-2-6-11-16)21(19(17)22)14-15-8-3-1-4-9-15/h1-11,13,17-18H,12,14,20H2/t17-,18+/m1/s1. The Labute approximate surface area is 131 Å². The van der Waals surface area contributed by atoms with Crippen LogP contribution in [0, 0.1) is 0 Å². The van der Waals surface area contributed by atoms with Gasteiger partial charge in [-0.1, -0.05) is 72.8 Å². The number of amides is 1. The fraction of sp³-hybridized carbons (Fsp3) is 0.211. The minimum atomic E-state index is -0.464. The van der Waals surface area contributed by atoms with Gasteiger partial charge in [-0.3, -0.25) is 4.79 Å². The maximum Gasteiger partial charge on any atom is 0.240 e. The van der Waals surface area contributed by atoms with E-state index in [9.17, 15) is 4.79 Å². The first-order chi connectivity index (χ1) is 10.8. The highest BCUT2D eigenvalue weighted by Crippen LogP contribution is 2.27. The molecule has 0 aliphatic carbocycles. The third kappa shape index (κ3) is 3.10. The summed E-state index contributed by atoms with van der Waals surface area (Å²) in [5.74, 6) is 0.00251. The number of hydrogen-bond acceptors (Lipinski definition) is 2. The Morgan fingerprint density at radius 2 is 1.64 bits per heavy atom. The SMILES string of the molecule is N[C@@H]1CC=C[C@@H](c2ccccc2)N(Cc2ccccc2)C1=O. The first-order valence-corrected chi connectivity index (χ1v) is 7.57. The van der Waals surface area contributed by atoms with Gasteiger partial charge in [0.15, 0.2) is 0 Å². The first kappa shape index (κ1) is 14.5. The van der Waals surface area contributed by atoms with Crippen molar-refractivity contribution >= 4 is 5.91 Å². The number of carbonyl (C=O) groups excluding carboxylic acids is 1. The van der Waals surface area contributed by atoms with E-state index >= 15 is 0 Å². The maximum atomic E-state index is 12.7. The zero-order valence-corrected chi connectivity index (χ0v) is 12.4. The minimum absolute atomic E-state index is 0.00251. The average Bonchev–Trinajstić information content (AvgIpc) is 2.70. The predicted octanol–water partition coefficient (Wildman–Crippen LogP) is 3.04. The Morgan fingerprint density at radius 1 is 1.00 bits per heavy atom. The van der Waals surface area contributed by atoms with Gasteiger partial charge in [-0.15, -0.1) is 0 Å². The van der Waals surface area contributed by atoms with E-state index in [4.69, 9.17) is 5.73 Å². The molecule has 112 valence electrons. The van der Waals surface area contributed by atoms with Gasteiger partial charge in [0, 0.05) is 6.54 Å². The Kier molecular flexibility index (Phi) is 4.35. The van der Waals surface area contributed by atoms with E-state index in [0.717, 1.165) is 11.1 Å². The molecule has 3 nitrogen and oxygen atoms in total. The molecule has 0 unspecified atom stereocenters. The van der Waals surface area contributed by atoms with Crippen LogP contribution in [0.2, 0.25) is 0 Å². The highest BCUT2D eigenvalue weighted by atomic mass is 16.2. The summed E-state index contributed by atoms with van der Waals surface area (Å²) in [6.07, 6.45) is 4.70. The van der Waals surface area contributed by atoms with Crippen molar-refractivity contribution in [2.45, 2.75) is 25.0 Å². The van der Waals surface area contributed by atoms with E-state index in [2.05, 4.69) is 18.2 Å². The molecule has 0 fully saturated rings. The van der Waals surface area contributed by atoms with Gasteiger partial charge >= 0.3 is 0 Å². The summed E-state index contributed by atoms with van der Waals surface area (Å²) < 4.78 is 0. The van der Waals surface area contributed by atoms with Crippen molar-refractivity contribution in [1.82, 2.24) is 4.90 Å². The first-order valence-electron chi connectivity index (χ1n) is 7.57. The summed E-state index contributed by atoms with van der Waals surface area (Å²) in [6.45, 7) is 0.567. The highest BCUT2D eigenvalue weighted by Gasteiger charge is 2.29. The van der Waals surface area contributed by atoms with Gasteiger partial charge in [0.25, 0.3) is 0 Å². The molecule has 3 rings (SSSR count). The van der Waals surface area contributed by atoms with Crippen LogP contribution in [0.4, 0.5) is 0 Å². The summed E-state index contributed by atoms with van der Waals surface area (Å²) in [7, 11) is 0. The number of nitrogens with two attached hydrogens (primary N) is 1. The molecule has 3 heteroatoms. The molecule has 2 aromatic carbocycles. The molecule has 0 saturated heterocycles. The molecule has 1 heterocycles. The van der Waals surface area contributed by atoms with Crippen molar-refractivity contribution in [3.8, 4) is 0 Å². The summed E-state index contributed by atoms with van der Waals surface area (Å²) in [4.78, 5) is 14.6. The molecule has 2 N–H and O–H groups in total. The molecule has 0 radical (unpaired) electrons. The fourth-order valence-corrected chi connectivity index (χ4v) is 2.81. The molecule has 0 aromatic heterocycles. The van der Waals surface area contributed by atoms with Crippen LogP contribution in [0.15, 0.2) is 72.8 Å². The van der Waals surface area contributed by atoms with Crippen LogP contribution >= 0.6 is 0 Å². The maximum absolute atomic E-state index is 12.7. The van der Waals surface area contributed by atoms with E-state index in [1.807, 2.05) is 59.5 Å². The lowest BCUT2D eigenvalue weighted by atomic mass is 10.0. The van der Waals surface area contributed by atoms with E-state index in [1.165, 1.54) is 0 Å². The second-order valence-corrected chi connectivity index (χ2v) is 5.58. The van der Waals surface area contributed by atoms with Gasteiger partial charge in [0.05, 0.1) is 12.1 Å². The molecule has 0 saturated carbocycles. The van der Waals surface area contributed by atoms with Crippen LogP contribution in [0.5, 0.6) is 0 Å². The number of benzene rings is 2. The van der Waals surface area contributed by atoms with Crippen LogP contribution in [0.3, 0.4) is 0 Å². The van der Waals surface area contributed by atoms with E-state index in [0.29, 0.717) is 13.0 Å². The second-order valence-electron chi connectivity index (χ2n) is 5.58. The largest absolute Gasteiger partial charge is 0.326 e. The van der Waals surface area contributed by atoms with E-state index in [-0.39, 0.29) is 11.9 Å². The van der Waals surface area contributed by atoms with Gasteiger partial charge < -0.3 is 10.6 Å². The Hall–Kier alpha value is -2.39. The third-order valence-electron chi connectivity index (χ3n) is 3.98. The molecule has 2 atom stereocenters. The van der Waals surface area contributed by atoms with Crippen LogP contribution in [-0.2, 0) is 11.3 Å². The minimum Gasteiger partial charge on any atom is -0.326 e. The van der Waals surface area contributed by atoms with Crippen LogP contribution < -0.4 is 5.73 Å². The Balaban J connectivity index is 1.95. The third-order valence-corrected chi connectivity index (χ3v) is 3.98.